The summed E-state index contributed by atoms with van der Waals surface area (Å²) >= 11 is 0. The smallest absolute Gasteiger partial charge is 0.157 e. The Labute approximate surface area is 67.3 Å². The van der Waals surface area contributed by atoms with E-state index in [9.17, 15) is 8.42 Å². The number of hydrogen-bond donors (Lipinski definition) is 1. The lowest BCUT2D eigenvalue weighted by Gasteiger charge is -2.38. The van der Waals surface area contributed by atoms with Gasteiger partial charge in [-0.05, 0) is 12.8 Å². The average Bonchev–Trinajstić information content (AvgIpc) is 1.86. The molecule has 0 atom stereocenters. The van der Waals surface area contributed by atoms with Gasteiger partial charge in [0, 0.05) is 5.75 Å². The van der Waals surface area contributed by atoms with Crippen LogP contribution in [0, 0.1) is 0 Å². The first kappa shape index (κ1) is 9.00. The fourth-order valence-corrected chi connectivity index (χ4v) is 3.16. The minimum atomic E-state index is -3.02. The van der Waals surface area contributed by atoms with Gasteiger partial charge in [0.1, 0.15) is 0 Å². The molecule has 0 amide bonds. The highest BCUT2D eigenvalue weighted by molar-refractivity contribution is 7.92. The summed E-state index contributed by atoms with van der Waals surface area (Å²) in [6.07, 6.45) is 2.21. The maximum atomic E-state index is 11.4. The molecule has 0 saturated heterocycles. The molecule has 1 rings (SSSR count). The molecule has 0 radical (unpaired) electrons. The van der Waals surface area contributed by atoms with Crippen LogP contribution in [-0.2, 0) is 9.84 Å². The highest BCUT2D eigenvalue weighted by Crippen LogP contribution is 2.39. The van der Waals surface area contributed by atoms with Crippen molar-refractivity contribution >= 4 is 9.84 Å². The van der Waals surface area contributed by atoms with Crippen molar-refractivity contribution in [2.24, 2.45) is 0 Å². The van der Waals surface area contributed by atoms with Gasteiger partial charge in [-0.1, -0.05) is 13.3 Å². The summed E-state index contributed by atoms with van der Waals surface area (Å²) in [6.45, 7) is 1.42. The van der Waals surface area contributed by atoms with Crippen LogP contribution in [0.1, 0.15) is 26.2 Å². The summed E-state index contributed by atoms with van der Waals surface area (Å²) in [5.41, 5.74) is 0. The summed E-state index contributed by atoms with van der Waals surface area (Å²) in [6, 6.07) is 0. The summed E-state index contributed by atoms with van der Waals surface area (Å²) in [7, 11) is -3.02. The van der Waals surface area contributed by atoms with Gasteiger partial charge >= 0.3 is 0 Å². The van der Waals surface area contributed by atoms with Gasteiger partial charge in [-0.3, -0.25) is 0 Å². The topological polar surface area (TPSA) is 54.4 Å². The molecule has 0 aromatic carbocycles. The highest BCUT2D eigenvalue weighted by Gasteiger charge is 2.47. The normalized spacial score (nSPS) is 22.7. The number of hydrogen-bond acceptors (Lipinski definition) is 3. The summed E-state index contributed by atoms with van der Waals surface area (Å²) in [4.78, 5) is 0. The van der Waals surface area contributed by atoms with Crippen LogP contribution in [0.3, 0.4) is 0 Å². The number of rotatable bonds is 3. The third-order valence-electron chi connectivity index (χ3n) is 2.59. The van der Waals surface area contributed by atoms with Gasteiger partial charge in [-0.15, -0.1) is 0 Å². The maximum Gasteiger partial charge on any atom is 0.157 e. The molecule has 66 valence electrons. The summed E-state index contributed by atoms with van der Waals surface area (Å²) in [5, 5.41) is 8.92. The van der Waals surface area contributed by atoms with Crippen LogP contribution in [0.2, 0.25) is 0 Å². The molecule has 0 aliphatic heterocycles. The van der Waals surface area contributed by atoms with E-state index in [1.165, 1.54) is 0 Å². The Kier molecular flexibility index (Phi) is 2.25. The molecule has 0 heterocycles. The summed E-state index contributed by atoms with van der Waals surface area (Å²) < 4.78 is 22.0. The first-order valence-electron chi connectivity index (χ1n) is 3.91. The van der Waals surface area contributed by atoms with Gasteiger partial charge in [0.05, 0.1) is 11.4 Å². The second-order valence-corrected chi connectivity index (χ2v) is 5.77. The lowest BCUT2D eigenvalue weighted by Crippen LogP contribution is -2.49. The van der Waals surface area contributed by atoms with Crippen molar-refractivity contribution in [1.29, 1.82) is 0 Å². The predicted molar refractivity (Wildman–Crippen MR) is 43.1 cm³/mol. The SMILES string of the molecule is CCS(=O)(=O)C1(CO)CCC1. The van der Waals surface area contributed by atoms with Gasteiger partial charge in [-0.25, -0.2) is 8.42 Å². The standard InChI is InChI=1S/C7H14O3S/c1-2-11(9,10)7(6-8)4-3-5-7/h8H,2-6H2,1H3. The van der Waals surface area contributed by atoms with Crippen LogP contribution in [0.5, 0.6) is 0 Å². The molecular formula is C7H14O3S. The minimum absolute atomic E-state index is 0.146. The molecule has 0 unspecified atom stereocenters. The van der Waals surface area contributed by atoms with Crippen LogP contribution >= 0.6 is 0 Å². The molecule has 4 heteroatoms. The van der Waals surface area contributed by atoms with Crippen molar-refractivity contribution in [2.75, 3.05) is 12.4 Å². The fourth-order valence-electron chi connectivity index (χ4n) is 1.44. The Morgan fingerprint density at radius 2 is 2.00 bits per heavy atom. The molecule has 3 nitrogen and oxygen atoms in total. The van der Waals surface area contributed by atoms with Crippen LogP contribution in [0.15, 0.2) is 0 Å². The Balaban J connectivity index is 2.86. The van der Waals surface area contributed by atoms with Crippen molar-refractivity contribution in [3.63, 3.8) is 0 Å². The van der Waals surface area contributed by atoms with E-state index in [4.69, 9.17) is 5.11 Å². The van der Waals surface area contributed by atoms with E-state index in [0.29, 0.717) is 12.8 Å². The first-order valence-corrected chi connectivity index (χ1v) is 5.56. The predicted octanol–water partition coefficient (Wildman–Crippen LogP) is 0.336. The largest absolute Gasteiger partial charge is 0.395 e. The van der Waals surface area contributed by atoms with Crippen molar-refractivity contribution in [3.05, 3.63) is 0 Å². The van der Waals surface area contributed by atoms with Crippen LogP contribution in [0.4, 0.5) is 0 Å². The Hall–Kier alpha value is -0.0900. The van der Waals surface area contributed by atoms with Gasteiger partial charge in [-0.2, -0.15) is 0 Å². The zero-order chi connectivity index (χ0) is 8.54. The highest BCUT2D eigenvalue weighted by atomic mass is 32.2. The molecule has 0 aromatic rings. The molecule has 1 fully saturated rings. The van der Waals surface area contributed by atoms with Crippen LogP contribution in [-0.4, -0.2) is 30.6 Å². The van der Waals surface area contributed by atoms with E-state index in [1.807, 2.05) is 0 Å². The van der Waals surface area contributed by atoms with Gasteiger partial charge in [0.15, 0.2) is 9.84 Å². The Bertz CT molecular complexity index is 221. The molecule has 1 N–H and O–H groups in total. The van der Waals surface area contributed by atoms with E-state index in [-0.39, 0.29) is 12.4 Å². The van der Waals surface area contributed by atoms with Gasteiger partial charge in [0.25, 0.3) is 0 Å². The molecule has 0 spiro atoms. The molecule has 11 heavy (non-hydrogen) atoms. The molecular weight excluding hydrogens is 164 g/mol. The quantitative estimate of drug-likeness (QED) is 0.678. The average molecular weight is 178 g/mol. The number of aliphatic hydroxyl groups excluding tert-OH is 1. The zero-order valence-corrected chi connectivity index (χ0v) is 7.52. The van der Waals surface area contributed by atoms with E-state index in [2.05, 4.69) is 0 Å². The first-order chi connectivity index (χ1) is 5.08. The van der Waals surface area contributed by atoms with E-state index < -0.39 is 14.6 Å². The third-order valence-corrected chi connectivity index (χ3v) is 5.21. The molecule has 1 aliphatic rings. The van der Waals surface area contributed by atoms with Crippen LogP contribution < -0.4 is 0 Å². The Morgan fingerprint density at radius 1 is 1.45 bits per heavy atom. The van der Waals surface area contributed by atoms with Crippen molar-refractivity contribution < 1.29 is 13.5 Å². The lowest BCUT2D eigenvalue weighted by atomic mass is 9.85. The number of aliphatic hydroxyl groups is 1. The fraction of sp³-hybridized carbons (Fsp3) is 1.00. The van der Waals surface area contributed by atoms with E-state index in [0.717, 1.165) is 6.42 Å². The van der Waals surface area contributed by atoms with E-state index in [1.54, 1.807) is 6.92 Å². The van der Waals surface area contributed by atoms with Crippen molar-refractivity contribution in [1.82, 2.24) is 0 Å². The minimum Gasteiger partial charge on any atom is -0.395 e. The molecule has 0 aromatic heterocycles. The zero-order valence-electron chi connectivity index (χ0n) is 6.71. The summed E-state index contributed by atoms with van der Waals surface area (Å²) in [5.74, 6) is 0.146. The second-order valence-electron chi connectivity index (χ2n) is 3.10. The maximum absolute atomic E-state index is 11.4. The molecule has 1 aliphatic carbocycles. The molecule has 0 bridgehead atoms. The second kappa shape index (κ2) is 2.75. The van der Waals surface area contributed by atoms with Gasteiger partial charge in [0.2, 0.25) is 0 Å². The third kappa shape index (κ3) is 1.18. The molecule has 1 saturated carbocycles. The lowest BCUT2D eigenvalue weighted by molar-refractivity contribution is 0.182. The van der Waals surface area contributed by atoms with Gasteiger partial charge < -0.3 is 5.11 Å². The Morgan fingerprint density at radius 3 is 2.09 bits per heavy atom. The van der Waals surface area contributed by atoms with E-state index >= 15 is 0 Å². The van der Waals surface area contributed by atoms with Crippen molar-refractivity contribution in [3.8, 4) is 0 Å². The van der Waals surface area contributed by atoms with Crippen LogP contribution in [0.25, 0.3) is 0 Å². The monoisotopic (exact) mass is 178 g/mol. The van der Waals surface area contributed by atoms with Crippen molar-refractivity contribution in [2.45, 2.75) is 30.9 Å². The number of sulfone groups is 1.